The quantitative estimate of drug-likeness (QED) is 0.0243. The summed E-state index contributed by atoms with van der Waals surface area (Å²) in [6.07, 6.45) is 76.0. The number of carbonyl (C=O) groups excluding carboxylic acids is 1. The van der Waals surface area contributed by atoms with Crippen molar-refractivity contribution < 1.29 is 32.9 Å². The second-order valence-electron chi connectivity index (χ2n) is 22.0. The van der Waals surface area contributed by atoms with E-state index in [0.717, 1.165) is 64.2 Å². The van der Waals surface area contributed by atoms with Gasteiger partial charge in [-0.2, -0.15) is 0 Å². The zero-order valence-corrected chi connectivity index (χ0v) is 49.5. The maximum atomic E-state index is 13.0. The van der Waals surface area contributed by atoms with E-state index in [2.05, 4.69) is 79.9 Å². The van der Waals surface area contributed by atoms with Gasteiger partial charge in [0.25, 0.3) is 0 Å². The molecular weight excluding hydrogens is 924 g/mol. The highest BCUT2D eigenvalue weighted by Gasteiger charge is 2.27. The number of aliphatic hydroxyl groups excluding tert-OH is 1. The average molecular weight is 1040 g/mol. The third-order valence-electron chi connectivity index (χ3n) is 13.7. The summed E-state index contributed by atoms with van der Waals surface area (Å²) in [5.41, 5.74) is 0. The number of rotatable bonds is 56. The van der Waals surface area contributed by atoms with Gasteiger partial charge in [-0.15, -0.1) is 0 Å². The number of allylic oxidation sites excluding steroid dienone is 11. The van der Waals surface area contributed by atoms with Gasteiger partial charge in [0, 0.05) is 6.42 Å². The minimum absolute atomic E-state index is 0.0557. The third kappa shape index (κ3) is 57.5. The monoisotopic (exact) mass is 1040 g/mol. The Morgan fingerprint density at radius 1 is 0.479 bits per heavy atom. The van der Waals surface area contributed by atoms with Gasteiger partial charge in [0.2, 0.25) is 5.91 Å². The van der Waals surface area contributed by atoms with Crippen molar-refractivity contribution in [3.05, 3.63) is 72.9 Å². The summed E-state index contributed by atoms with van der Waals surface area (Å²) in [5, 5.41) is 13.9. The number of phosphoric acid groups is 1. The molecule has 0 fully saturated rings. The fraction of sp³-hybridized carbons (Fsp3) is 0.797. The van der Waals surface area contributed by atoms with E-state index >= 15 is 0 Å². The number of carbonyl (C=O) groups is 1. The number of likely N-dealkylation sites (N-methyl/N-ethyl adjacent to an activating group) is 1. The van der Waals surface area contributed by atoms with Crippen LogP contribution in [0.5, 0.6) is 0 Å². The van der Waals surface area contributed by atoms with Gasteiger partial charge >= 0.3 is 7.82 Å². The van der Waals surface area contributed by atoms with Crippen LogP contribution in [0.15, 0.2) is 72.9 Å². The van der Waals surface area contributed by atoms with E-state index in [0.29, 0.717) is 17.4 Å². The SMILES string of the molecule is CC/C=C\C/C=C\C/C=C\C/C=C\CCCCCCCCCCCCCCCCCCCCCCC(=O)NC(COP(=O)(O)OCC[N+](C)(C)C)C(O)/C=C/CC/C=C/CCCCCCCCCCCCCC. The Kier molecular flexibility index (Phi) is 53.2. The Morgan fingerprint density at radius 3 is 1.26 bits per heavy atom. The van der Waals surface area contributed by atoms with Gasteiger partial charge in [0.15, 0.2) is 0 Å². The van der Waals surface area contributed by atoms with Crippen LogP contribution in [0.2, 0.25) is 0 Å². The number of quaternary nitrogens is 1. The molecule has 3 N–H and O–H groups in total. The van der Waals surface area contributed by atoms with Gasteiger partial charge in [-0.3, -0.25) is 13.8 Å². The first kappa shape index (κ1) is 70.9. The van der Waals surface area contributed by atoms with Crippen LogP contribution in [0.1, 0.15) is 277 Å². The van der Waals surface area contributed by atoms with Crippen LogP contribution in [0, 0.1) is 0 Å². The van der Waals surface area contributed by atoms with E-state index in [4.69, 9.17) is 9.05 Å². The van der Waals surface area contributed by atoms with Crippen molar-refractivity contribution in [2.75, 3.05) is 40.9 Å². The number of phosphoric ester groups is 1. The van der Waals surface area contributed by atoms with Gasteiger partial charge in [-0.05, 0) is 70.6 Å². The molecule has 0 aliphatic carbocycles. The summed E-state index contributed by atoms with van der Waals surface area (Å²) in [5.74, 6) is -0.184. The lowest BCUT2D eigenvalue weighted by Crippen LogP contribution is -2.45. The molecule has 0 radical (unpaired) electrons. The number of aliphatic hydroxyl groups is 1. The minimum Gasteiger partial charge on any atom is -0.387 e. The summed E-state index contributed by atoms with van der Waals surface area (Å²) >= 11 is 0. The third-order valence-corrected chi connectivity index (χ3v) is 14.6. The van der Waals surface area contributed by atoms with Crippen LogP contribution in [-0.2, 0) is 18.4 Å². The van der Waals surface area contributed by atoms with Crippen LogP contribution >= 0.6 is 7.82 Å². The maximum absolute atomic E-state index is 13.0. The van der Waals surface area contributed by atoms with Crippen molar-refractivity contribution in [1.29, 1.82) is 0 Å². The number of nitrogens with zero attached hydrogens (tertiary/aromatic N) is 1. The fourth-order valence-corrected chi connectivity index (χ4v) is 9.61. The largest absolute Gasteiger partial charge is 0.472 e. The summed E-state index contributed by atoms with van der Waals surface area (Å²) < 4.78 is 23.7. The van der Waals surface area contributed by atoms with Crippen molar-refractivity contribution in [2.45, 2.75) is 289 Å². The molecule has 0 aromatic heterocycles. The van der Waals surface area contributed by atoms with Gasteiger partial charge < -0.3 is 19.8 Å². The van der Waals surface area contributed by atoms with Gasteiger partial charge in [-0.1, -0.05) is 273 Å². The summed E-state index contributed by atoms with van der Waals surface area (Å²) in [7, 11) is 1.56. The molecule has 73 heavy (non-hydrogen) atoms. The Labute approximate surface area is 453 Å². The first-order chi connectivity index (χ1) is 35.5. The lowest BCUT2D eigenvalue weighted by molar-refractivity contribution is -0.870. The van der Waals surface area contributed by atoms with Crippen molar-refractivity contribution in [1.82, 2.24) is 5.32 Å². The topological polar surface area (TPSA) is 105 Å². The molecular formula is C64H120N2O6P+. The molecule has 1 amide bonds. The van der Waals surface area contributed by atoms with Crippen LogP contribution in [0.4, 0.5) is 0 Å². The molecule has 0 aromatic rings. The molecule has 0 heterocycles. The van der Waals surface area contributed by atoms with Crippen LogP contribution < -0.4 is 5.32 Å². The second-order valence-corrected chi connectivity index (χ2v) is 23.5. The summed E-state index contributed by atoms with van der Waals surface area (Å²) in [6.45, 7) is 4.70. The van der Waals surface area contributed by atoms with Gasteiger partial charge in [0.05, 0.1) is 39.9 Å². The first-order valence-electron chi connectivity index (χ1n) is 30.8. The molecule has 426 valence electrons. The molecule has 3 unspecified atom stereocenters. The molecule has 0 saturated carbocycles. The number of hydrogen-bond acceptors (Lipinski definition) is 5. The van der Waals surface area contributed by atoms with Crippen molar-refractivity contribution >= 4 is 13.7 Å². The number of nitrogens with one attached hydrogen (secondary N) is 1. The molecule has 0 rings (SSSR count). The normalized spacial score (nSPS) is 14.3. The number of hydrogen-bond donors (Lipinski definition) is 3. The zero-order valence-electron chi connectivity index (χ0n) is 48.6. The molecule has 0 bridgehead atoms. The van der Waals surface area contributed by atoms with Crippen LogP contribution in [0.3, 0.4) is 0 Å². The zero-order chi connectivity index (χ0) is 53.5. The van der Waals surface area contributed by atoms with E-state index in [1.165, 1.54) is 193 Å². The predicted octanol–water partition coefficient (Wildman–Crippen LogP) is 19.0. The molecule has 0 saturated heterocycles. The highest BCUT2D eigenvalue weighted by atomic mass is 31.2. The lowest BCUT2D eigenvalue weighted by atomic mass is 10.0. The maximum Gasteiger partial charge on any atom is 0.472 e. The van der Waals surface area contributed by atoms with Crippen molar-refractivity contribution in [3.63, 3.8) is 0 Å². The molecule has 3 atom stereocenters. The van der Waals surface area contributed by atoms with Crippen LogP contribution in [-0.4, -0.2) is 73.4 Å². The minimum atomic E-state index is -4.36. The van der Waals surface area contributed by atoms with E-state index in [-0.39, 0.29) is 19.1 Å². The van der Waals surface area contributed by atoms with Crippen molar-refractivity contribution in [3.8, 4) is 0 Å². The number of unbranched alkanes of at least 4 members (excludes halogenated alkanes) is 33. The van der Waals surface area contributed by atoms with E-state index in [1.54, 1.807) is 6.08 Å². The smallest absolute Gasteiger partial charge is 0.387 e. The Hall–Kier alpha value is -2.06. The Balaban J connectivity index is 4.08. The highest BCUT2D eigenvalue weighted by Crippen LogP contribution is 2.43. The van der Waals surface area contributed by atoms with Gasteiger partial charge in [-0.25, -0.2) is 4.57 Å². The Bertz CT molecular complexity index is 1420. The number of amides is 1. The Morgan fingerprint density at radius 2 is 0.836 bits per heavy atom. The summed E-state index contributed by atoms with van der Waals surface area (Å²) in [4.78, 5) is 23.3. The highest BCUT2D eigenvalue weighted by molar-refractivity contribution is 7.47. The molecule has 0 aromatic carbocycles. The molecule has 8 nitrogen and oxygen atoms in total. The van der Waals surface area contributed by atoms with Crippen molar-refractivity contribution in [2.24, 2.45) is 0 Å². The van der Waals surface area contributed by atoms with Gasteiger partial charge in [0.1, 0.15) is 13.2 Å². The standard InChI is InChI=1S/C64H119N2O6P/c1-6-8-10-12-14-16-18-20-22-24-26-27-28-29-30-31-32-33-34-35-36-37-38-39-40-42-44-46-48-50-52-54-56-58-64(68)65-62(61-72-73(69,70)71-60-59-66(3,4)5)63(67)57-55-53-51-49-47-45-43-41-25-23-21-19-17-15-13-11-9-7-2/h8,10,14,16,20,22,26-27,47,49,55,57,62-63,67H,6-7,9,11-13,15,17-19,21,23-25,28-46,48,50-54,56,58-61H2,1-5H3,(H-,65,68,69,70)/p+1/b10-8-,16-14-,22-20-,27-26-,49-47+,57-55+. The molecule has 0 aliphatic rings. The van der Waals surface area contributed by atoms with E-state index in [9.17, 15) is 19.4 Å². The summed E-state index contributed by atoms with van der Waals surface area (Å²) in [6, 6.07) is -0.865. The van der Waals surface area contributed by atoms with E-state index in [1.807, 2.05) is 27.2 Å². The molecule has 9 heteroatoms. The predicted molar refractivity (Wildman–Crippen MR) is 318 cm³/mol. The molecule has 0 spiro atoms. The fourth-order valence-electron chi connectivity index (χ4n) is 8.87. The van der Waals surface area contributed by atoms with E-state index < -0.39 is 20.0 Å². The van der Waals surface area contributed by atoms with Crippen LogP contribution in [0.25, 0.3) is 0 Å². The first-order valence-corrected chi connectivity index (χ1v) is 32.3. The second kappa shape index (κ2) is 54.7. The lowest BCUT2D eigenvalue weighted by Gasteiger charge is -2.25. The molecule has 0 aliphatic heterocycles. The average Bonchev–Trinajstić information content (AvgIpc) is 3.35.